The topological polar surface area (TPSA) is 80.4 Å². The summed E-state index contributed by atoms with van der Waals surface area (Å²) >= 11 is 0. The molecular weight excluding hydrogens is 241 g/mol. The number of halogens is 1. The Morgan fingerprint density at radius 1 is 1.50 bits per heavy atom. The number of fused-ring (bicyclic) bond motifs is 1. The first-order chi connectivity index (χ1) is 8.72. The van der Waals surface area contributed by atoms with Crippen molar-refractivity contribution in [1.82, 2.24) is 14.5 Å². The molecule has 0 radical (unpaired) electrons. The van der Waals surface area contributed by atoms with Gasteiger partial charge in [0.25, 0.3) is 0 Å². The lowest BCUT2D eigenvalue weighted by Crippen LogP contribution is -2.30. The fourth-order valence-corrected chi connectivity index (χ4v) is 2.18. The molecule has 0 unspecified atom stereocenters. The summed E-state index contributed by atoms with van der Waals surface area (Å²) in [6.45, 7) is -0.424. The lowest BCUT2D eigenvalue weighted by atomic mass is 10.1. The Kier molecular flexibility index (Phi) is 2.73. The average Bonchev–Trinajstić information content (AvgIpc) is 2.93. The maximum atomic E-state index is 14.0. The molecule has 2 aromatic rings. The van der Waals surface area contributed by atoms with Gasteiger partial charge in [0.05, 0.1) is 6.61 Å². The van der Waals surface area contributed by atoms with Crippen molar-refractivity contribution in [1.29, 1.82) is 0 Å². The number of aromatic nitrogens is 3. The van der Waals surface area contributed by atoms with Gasteiger partial charge in [-0.25, -0.2) is 14.4 Å². The van der Waals surface area contributed by atoms with Gasteiger partial charge in [0.1, 0.15) is 24.2 Å². The van der Waals surface area contributed by atoms with E-state index in [1.165, 1.54) is 10.9 Å². The zero-order valence-electron chi connectivity index (χ0n) is 9.35. The first-order valence-electron chi connectivity index (χ1n) is 5.57. The molecule has 1 aliphatic rings. The molecule has 7 heteroatoms. The van der Waals surface area contributed by atoms with Gasteiger partial charge < -0.3 is 19.5 Å². The van der Waals surface area contributed by atoms with Gasteiger partial charge in [-0.3, -0.25) is 0 Å². The second-order valence-corrected chi connectivity index (χ2v) is 4.21. The van der Waals surface area contributed by atoms with Crippen LogP contribution in [0.3, 0.4) is 0 Å². The minimum Gasteiger partial charge on any atom is -0.394 e. The summed E-state index contributed by atoms with van der Waals surface area (Å²) < 4.78 is 20.8. The lowest BCUT2D eigenvalue weighted by molar-refractivity contribution is -0.0457. The molecule has 18 heavy (non-hydrogen) atoms. The van der Waals surface area contributed by atoms with E-state index in [9.17, 15) is 9.50 Å². The predicted octanol–water partition coefficient (Wildman–Crippen LogP) is 0.0200. The Balaban J connectivity index is 2.00. The molecule has 0 saturated carbocycles. The Bertz CT molecular complexity index is 561. The van der Waals surface area contributed by atoms with Crippen LogP contribution in [0.4, 0.5) is 4.39 Å². The van der Waals surface area contributed by atoms with E-state index < -0.39 is 31.2 Å². The first-order valence-corrected chi connectivity index (χ1v) is 5.57. The third-order valence-corrected chi connectivity index (χ3v) is 3.13. The molecular formula is C11H12FN3O3. The highest BCUT2D eigenvalue weighted by molar-refractivity contribution is 5.74. The third kappa shape index (κ3) is 1.59. The molecule has 96 valence electrons. The molecule has 1 saturated heterocycles. The van der Waals surface area contributed by atoms with E-state index in [2.05, 4.69) is 9.97 Å². The van der Waals surface area contributed by atoms with E-state index in [1.54, 1.807) is 18.5 Å². The molecule has 0 amide bonds. The summed E-state index contributed by atoms with van der Waals surface area (Å²) in [5, 5.41) is 19.3. The standard InChI is InChI=1S/C11H12FN3O3/c12-8-9(17)7(4-16)18-11(8)15-2-1-6-3-13-5-14-10(6)15/h1-3,5,7-9,11,16-17H,4H2/t7-,8+,9-,11-/m1/s1. The van der Waals surface area contributed by atoms with Crippen LogP contribution >= 0.6 is 0 Å². The second-order valence-electron chi connectivity index (χ2n) is 4.21. The van der Waals surface area contributed by atoms with Crippen molar-refractivity contribution in [2.24, 2.45) is 0 Å². The lowest BCUT2D eigenvalue weighted by Gasteiger charge is -2.15. The monoisotopic (exact) mass is 253 g/mol. The maximum Gasteiger partial charge on any atom is 0.173 e. The van der Waals surface area contributed by atoms with Gasteiger partial charge in [0.15, 0.2) is 12.4 Å². The van der Waals surface area contributed by atoms with Crippen LogP contribution in [0.2, 0.25) is 0 Å². The molecule has 1 aliphatic heterocycles. The molecule has 0 spiro atoms. The number of rotatable bonds is 2. The van der Waals surface area contributed by atoms with Gasteiger partial charge in [0.2, 0.25) is 0 Å². The highest BCUT2D eigenvalue weighted by atomic mass is 19.1. The zero-order valence-corrected chi connectivity index (χ0v) is 9.35. The molecule has 1 fully saturated rings. The zero-order chi connectivity index (χ0) is 12.7. The molecule has 0 aliphatic carbocycles. The Labute approximate surface area is 102 Å². The molecule has 2 N–H and O–H groups in total. The largest absolute Gasteiger partial charge is 0.394 e. The van der Waals surface area contributed by atoms with Crippen LogP contribution in [0.25, 0.3) is 11.0 Å². The first kappa shape index (κ1) is 11.5. The minimum atomic E-state index is -1.60. The summed E-state index contributed by atoms with van der Waals surface area (Å²) in [7, 11) is 0. The molecule has 2 aromatic heterocycles. The van der Waals surface area contributed by atoms with E-state index in [1.807, 2.05) is 0 Å². The molecule has 6 nitrogen and oxygen atoms in total. The van der Waals surface area contributed by atoms with Crippen molar-refractivity contribution in [3.8, 4) is 0 Å². The van der Waals surface area contributed by atoms with E-state index in [4.69, 9.17) is 9.84 Å². The Hall–Kier alpha value is -1.57. The fraction of sp³-hybridized carbons (Fsp3) is 0.455. The van der Waals surface area contributed by atoms with Crippen molar-refractivity contribution >= 4 is 11.0 Å². The summed E-state index contributed by atoms with van der Waals surface area (Å²) in [5.41, 5.74) is 0.531. The van der Waals surface area contributed by atoms with Gasteiger partial charge >= 0.3 is 0 Å². The van der Waals surface area contributed by atoms with Gasteiger partial charge in [-0.15, -0.1) is 0 Å². The summed E-state index contributed by atoms with van der Waals surface area (Å²) in [6, 6.07) is 1.74. The van der Waals surface area contributed by atoms with Crippen LogP contribution in [0.5, 0.6) is 0 Å². The third-order valence-electron chi connectivity index (χ3n) is 3.13. The van der Waals surface area contributed by atoms with Crippen LogP contribution in [-0.2, 0) is 4.74 Å². The smallest absolute Gasteiger partial charge is 0.173 e. The fourth-order valence-electron chi connectivity index (χ4n) is 2.18. The van der Waals surface area contributed by atoms with Crippen molar-refractivity contribution in [2.75, 3.05) is 6.61 Å². The van der Waals surface area contributed by atoms with Gasteiger partial charge in [-0.2, -0.15) is 0 Å². The maximum absolute atomic E-state index is 14.0. The average molecular weight is 253 g/mol. The van der Waals surface area contributed by atoms with Gasteiger partial charge in [-0.05, 0) is 6.07 Å². The number of hydrogen-bond donors (Lipinski definition) is 2. The van der Waals surface area contributed by atoms with Crippen LogP contribution in [0.1, 0.15) is 6.23 Å². The van der Waals surface area contributed by atoms with Crippen molar-refractivity contribution < 1.29 is 19.3 Å². The number of aliphatic hydroxyl groups is 2. The summed E-state index contributed by atoms with van der Waals surface area (Å²) in [4.78, 5) is 7.93. The van der Waals surface area contributed by atoms with E-state index in [0.717, 1.165) is 5.39 Å². The highest BCUT2D eigenvalue weighted by Crippen LogP contribution is 2.33. The molecule has 3 heterocycles. The van der Waals surface area contributed by atoms with Crippen molar-refractivity contribution in [3.05, 3.63) is 24.8 Å². The van der Waals surface area contributed by atoms with Crippen LogP contribution in [-0.4, -0.2) is 49.7 Å². The Morgan fingerprint density at radius 2 is 2.33 bits per heavy atom. The number of aliphatic hydroxyl groups excluding tert-OH is 2. The molecule has 3 rings (SSSR count). The Morgan fingerprint density at radius 3 is 3.06 bits per heavy atom. The van der Waals surface area contributed by atoms with Crippen LogP contribution in [0, 0.1) is 0 Å². The molecule has 4 atom stereocenters. The number of hydrogen-bond acceptors (Lipinski definition) is 5. The van der Waals surface area contributed by atoms with E-state index in [0.29, 0.717) is 5.65 Å². The normalized spacial score (nSPS) is 32.2. The highest BCUT2D eigenvalue weighted by Gasteiger charge is 2.45. The summed E-state index contributed by atoms with van der Waals surface area (Å²) in [5.74, 6) is 0. The predicted molar refractivity (Wildman–Crippen MR) is 59.4 cm³/mol. The quantitative estimate of drug-likeness (QED) is 0.788. The van der Waals surface area contributed by atoms with Crippen LogP contribution in [0.15, 0.2) is 24.8 Å². The van der Waals surface area contributed by atoms with Gasteiger partial charge in [-0.1, -0.05) is 0 Å². The van der Waals surface area contributed by atoms with Gasteiger partial charge in [0, 0.05) is 17.8 Å². The second kappa shape index (κ2) is 4.27. The summed E-state index contributed by atoms with van der Waals surface area (Å²) in [6.07, 6.45) is -0.230. The van der Waals surface area contributed by atoms with E-state index in [-0.39, 0.29) is 0 Å². The van der Waals surface area contributed by atoms with Crippen molar-refractivity contribution in [2.45, 2.75) is 24.6 Å². The molecule has 0 bridgehead atoms. The number of alkyl halides is 1. The van der Waals surface area contributed by atoms with Crippen LogP contribution < -0.4 is 0 Å². The molecule has 0 aromatic carbocycles. The van der Waals surface area contributed by atoms with Crippen molar-refractivity contribution in [3.63, 3.8) is 0 Å². The van der Waals surface area contributed by atoms with E-state index >= 15 is 0 Å². The minimum absolute atomic E-state index is 0.424. The SMILES string of the molecule is OC[C@H]1O[C@@H](n2ccc3cncnc32)[C@@H](F)[C@@H]1O. The number of nitrogens with zero attached hydrogens (tertiary/aromatic N) is 3. The number of ether oxygens (including phenoxy) is 1.